The Hall–Kier alpha value is 0.340. The van der Waals surface area contributed by atoms with Crippen LogP contribution in [-0.4, -0.2) is 28.0 Å². The standard InChI is InChI=1S/C6H16O5P2/c1-5-11-12(4,7)6(2,3)13(8,9)10/h5H2,1-4H3,(H2,8,9,10). The predicted octanol–water partition coefficient (Wildman–Crippen LogP) is 1.84. The van der Waals surface area contributed by atoms with E-state index in [0.717, 1.165) is 0 Å². The molecule has 0 aliphatic heterocycles. The topological polar surface area (TPSA) is 83.8 Å². The maximum absolute atomic E-state index is 11.8. The van der Waals surface area contributed by atoms with E-state index in [0.29, 0.717) is 0 Å². The minimum absolute atomic E-state index is 0.178. The van der Waals surface area contributed by atoms with Crippen LogP contribution in [0.5, 0.6) is 0 Å². The lowest BCUT2D eigenvalue weighted by Gasteiger charge is -2.31. The SMILES string of the molecule is CCOP(C)(=O)C(C)(C)P(=O)(O)O. The first-order chi connectivity index (χ1) is 5.56. The molecule has 0 aliphatic carbocycles. The van der Waals surface area contributed by atoms with E-state index in [-0.39, 0.29) is 6.61 Å². The van der Waals surface area contributed by atoms with Crippen molar-refractivity contribution in [3.8, 4) is 0 Å². The summed E-state index contributed by atoms with van der Waals surface area (Å²) in [6, 6.07) is 0. The van der Waals surface area contributed by atoms with Crippen molar-refractivity contribution in [3.05, 3.63) is 0 Å². The second-order valence-electron chi connectivity index (χ2n) is 3.30. The summed E-state index contributed by atoms with van der Waals surface area (Å²) in [7, 11) is -7.69. The van der Waals surface area contributed by atoms with Gasteiger partial charge in [-0.15, -0.1) is 0 Å². The third-order valence-electron chi connectivity index (χ3n) is 2.08. The van der Waals surface area contributed by atoms with Gasteiger partial charge in [0.2, 0.25) is 7.37 Å². The molecule has 0 aromatic rings. The fourth-order valence-corrected chi connectivity index (χ4v) is 3.52. The highest BCUT2D eigenvalue weighted by Gasteiger charge is 2.51. The van der Waals surface area contributed by atoms with Crippen molar-refractivity contribution in [1.82, 2.24) is 0 Å². The van der Waals surface area contributed by atoms with Crippen LogP contribution >= 0.6 is 15.0 Å². The normalized spacial score (nSPS) is 18.3. The maximum Gasteiger partial charge on any atom is 0.340 e. The van der Waals surface area contributed by atoms with Crippen molar-refractivity contribution >= 4 is 15.0 Å². The molecule has 0 saturated carbocycles. The molecule has 0 amide bonds. The largest absolute Gasteiger partial charge is 0.340 e. The Morgan fingerprint density at radius 1 is 1.31 bits per heavy atom. The van der Waals surface area contributed by atoms with E-state index in [4.69, 9.17) is 14.3 Å². The molecule has 2 N–H and O–H groups in total. The third kappa shape index (κ3) is 2.64. The quantitative estimate of drug-likeness (QED) is 0.720. The predicted molar refractivity (Wildman–Crippen MR) is 51.3 cm³/mol. The van der Waals surface area contributed by atoms with Crippen LogP contribution in [0.3, 0.4) is 0 Å². The Bertz CT molecular complexity index is 266. The molecule has 0 spiro atoms. The third-order valence-corrected chi connectivity index (χ3v) is 8.12. The molecule has 1 atom stereocenters. The van der Waals surface area contributed by atoms with E-state index < -0.39 is 19.9 Å². The van der Waals surface area contributed by atoms with E-state index in [1.54, 1.807) is 6.92 Å². The molecule has 5 nitrogen and oxygen atoms in total. The van der Waals surface area contributed by atoms with Crippen LogP contribution in [-0.2, 0) is 13.7 Å². The Morgan fingerprint density at radius 2 is 1.69 bits per heavy atom. The van der Waals surface area contributed by atoms with E-state index in [1.807, 2.05) is 0 Å². The summed E-state index contributed by atoms with van der Waals surface area (Å²) in [5.41, 5.74) is 0. The van der Waals surface area contributed by atoms with E-state index >= 15 is 0 Å². The molecule has 0 aliphatic rings. The zero-order valence-electron chi connectivity index (χ0n) is 8.22. The lowest BCUT2D eigenvalue weighted by Crippen LogP contribution is -2.21. The molecule has 0 saturated heterocycles. The molecule has 0 aromatic carbocycles. The molecule has 0 heterocycles. The molecule has 1 unspecified atom stereocenters. The summed E-state index contributed by atoms with van der Waals surface area (Å²) in [6.07, 6.45) is 0. The Kier molecular flexibility index (Phi) is 3.94. The average molecular weight is 230 g/mol. The molecule has 0 aromatic heterocycles. The van der Waals surface area contributed by atoms with Gasteiger partial charge in [0.15, 0.2) is 0 Å². The summed E-state index contributed by atoms with van der Waals surface area (Å²) >= 11 is 0. The van der Waals surface area contributed by atoms with Gasteiger partial charge in [-0.25, -0.2) is 0 Å². The highest BCUT2D eigenvalue weighted by atomic mass is 31.2. The van der Waals surface area contributed by atoms with Crippen LogP contribution in [0.15, 0.2) is 0 Å². The second-order valence-corrected chi connectivity index (χ2v) is 8.93. The van der Waals surface area contributed by atoms with Crippen LogP contribution in [0.1, 0.15) is 20.8 Å². The number of hydrogen-bond acceptors (Lipinski definition) is 3. The molecule has 7 heteroatoms. The van der Waals surface area contributed by atoms with Gasteiger partial charge < -0.3 is 14.3 Å². The van der Waals surface area contributed by atoms with E-state index in [9.17, 15) is 9.13 Å². The van der Waals surface area contributed by atoms with E-state index in [2.05, 4.69) is 0 Å². The first-order valence-electron chi connectivity index (χ1n) is 3.84. The summed E-state index contributed by atoms with van der Waals surface area (Å²) in [4.78, 5) is 16.3. The van der Waals surface area contributed by atoms with Crippen LogP contribution in [0.25, 0.3) is 0 Å². The van der Waals surface area contributed by atoms with Crippen molar-refractivity contribution in [2.45, 2.75) is 25.7 Å². The summed E-state index contributed by atoms with van der Waals surface area (Å²) in [5.74, 6) is 0. The molecular formula is C6H16O5P2. The van der Waals surface area contributed by atoms with Gasteiger partial charge in [-0.2, -0.15) is 0 Å². The average Bonchev–Trinajstić information content (AvgIpc) is 1.84. The van der Waals surface area contributed by atoms with Gasteiger partial charge in [-0.1, -0.05) is 0 Å². The maximum atomic E-state index is 11.8. The van der Waals surface area contributed by atoms with Crippen molar-refractivity contribution in [2.24, 2.45) is 0 Å². The molecule has 13 heavy (non-hydrogen) atoms. The van der Waals surface area contributed by atoms with Crippen LogP contribution in [0.2, 0.25) is 0 Å². The molecule has 0 fully saturated rings. The molecule has 0 bridgehead atoms. The fourth-order valence-electron chi connectivity index (χ4n) is 0.641. The van der Waals surface area contributed by atoms with Crippen molar-refractivity contribution in [1.29, 1.82) is 0 Å². The Labute approximate surface area is 78.1 Å². The first-order valence-corrected chi connectivity index (χ1v) is 7.52. The lowest BCUT2D eigenvalue weighted by molar-refractivity contribution is 0.310. The molecule has 0 radical (unpaired) electrons. The summed E-state index contributed by atoms with van der Waals surface area (Å²) in [6.45, 7) is 5.56. The van der Waals surface area contributed by atoms with Gasteiger partial charge in [0.05, 0.1) is 6.61 Å². The van der Waals surface area contributed by atoms with Crippen molar-refractivity contribution < 1.29 is 23.4 Å². The zero-order valence-corrected chi connectivity index (χ0v) is 10.0. The van der Waals surface area contributed by atoms with Gasteiger partial charge in [0.25, 0.3) is 0 Å². The zero-order chi connectivity index (χ0) is 10.9. The molecular weight excluding hydrogens is 214 g/mol. The van der Waals surface area contributed by atoms with Crippen LogP contribution < -0.4 is 0 Å². The second kappa shape index (κ2) is 3.84. The van der Waals surface area contributed by atoms with Crippen LogP contribution in [0.4, 0.5) is 0 Å². The van der Waals surface area contributed by atoms with E-state index in [1.165, 1.54) is 20.5 Å². The molecule has 0 rings (SSSR count). The smallest absolute Gasteiger partial charge is 0.328 e. The van der Waals surface area contributed by atoms with Gasteiger partial charge in [0.1, 0.15) is 4.90 Å². The van der Waals surface area contributed by atoms with Crippen LogP contribution in [0, 0.1) is 0 Å². The number of rotatable bonds is 4. The highest BCUT2D eigenvalue weighted by molar-refractivity contribution is 7.75. The Morgan fingerprint density at radius 3 is 1.92 bits per heavy atom. The Balaban J connectivity index is 5.05. The summed E-state index contributed by atoms with van der Waals surface area (Å²) < 4.78 is 27.7. The lowest BCUT2D eigenvalue weighted by atomic mass is 10.5. The number of hydrogen-bond donors (Lipinski definition) is 2. The minimum Gasteiger partial charge on any atom is -0.328 e. The van der Waals surface area contributed by atoms with Gasteiger partial charge >= 0.3 is 7.60 Å². The first kappa shape index (κ1) is 13.3. The summed E-state index contributed by atoms with van der Waals surface area (Å²) in [5, 5.41) is 0. The van der Waals surface area contributed by atoms with Gasteiger partial charge in [-0.3, -0.25) is 9.13 Å². The van der Waals surface area contributed by atoms with Gasteiger partial charge in [0, 0.05) is 6.66 Å². The minimum atomic E-state index is -4.41. The highest BCUT2D eigenvalue weighted by Crippen LogP contribution is 2.71. The van der Waals surface area contributed by atoms with Crippen molar-refractivity contribution in [2.75, 3.05) is 13.3 Å². The monoisotopic (exact) mass is 230 g/mol. The van der Waals surface area contributed by atoms with Gasteiger partial charge in [-0.05, 0) is 20.8 Å². The van der Waals surface area contributed by atoms with Crippen molar-refractivity contribution in [3.63, 3.8) is 0 Å². The fraction of sp³-hybridized carbons (Fsp3) is 1.00. The molecule has 80 valence electrons.